The van der Waals surface area contributed by atoms with Crippen LogP contribution in [0.2, 0.25) is 0 Å². The average Bonchev–Trinajstić information content (AvgIpc) is 3.02. The Hall–Kier alpha value is -2.31. The normalized spacial score (nSPS) is 9.83. The topological polar surface area (TPSA) is 97.4 Å². The second kappa shape index (κ2) is 8.97. The highest BCUT2D eigenvalue weighted by Crippen LogP contribution is 2.08. The molecule has 0 fully saturated rings. The highest BCUT2D eigenvalue weighted by Gasteiger charge is 2.09. The summed E-state index contributed by atoms with van der Waals surface area (Å²) < 4.78 is 5.12. The van der Waals surface area contributed by atoms with Crippen LogP contribution in [0.15, 0.2) is 41.0 Å². The van der Waals surface area contributed by atoms with E-state index < -0.39 is 0 Å². The summed E-state index contributed by atoms with van der Waals surface area (Å²) in [7, 11) is 0. The first-order chi connectivity index (χ1) is 10.6. The van der Waals surface area contributed by atoms with E-state index in [9.17, 15) is 9.59 Å². The summed E-state index contributed by atoms with van der Waals surface area (Å²) in [6.45, 7) is 3.09. The number of furan rings is 1. The van der Waals surface area contributed by atoms with Crippen LogP contribution in [0.5, 0.6) is 0 Å². The molecule has 2 amide bonds. The predicted molar refractivity (Wildman–Crippen MR) is 89.5 cm³/mol. The van der Waals surface area contributed by atoms with Crippen molar-refractivity contribution in [2.24, 2.45) is 5.73 Å². The molecule has 0 saturated carbocycles. The Balaban J connectivity index is 0.00000264. The summed E-state index contributed by atoms with van der Waals surface area (Å²) >= 11 is 0. The van der Waals surface area contributed by atoms with E-state index in [-0.39, 0.29) is 30.8 Å². The fourth-order valence-electron chi connectivity index (χ4n) is 1.93. The summed E-state index contributed by atoms with van der Waals surface area (Å²) in [4.78, 5) is 23.6. The molecule has 0 saturated heterocycles. The third-order valence-electron chi connectivity index (χ3n) is 3.12. The molecule has 0 aliphatic carbocycles. The van der Waals surface area contributed by atoms with Crippen molar-refractivity contribution in [1.82, 2.24) is 10.6 Å². The lowest BCUT2D eigenvalue weighted by Gasteiger charge is -2.06. The zero-order valence-electron chi connectivity index (χ0n) is 12.8. The molecular weight excluding hydrogens is 318 g/mol. The molecule has 0 radical (unpaired) electrons. The van der Waals surface area contributed by atoms with Crippen molar-refractivity contribution in [2.75, 3.05) is 6.54 Å². The van der Waals surface area contributed by atoms with Gasteiger partial charge in [-0.1, -0.05) is 12.1 Å². The summed E-state index contributed by atoms with van der Waals surface area (Å²) in [5.74, 6) is 0.235. The van der Waals surface area contributed by atoms with Crippen molar-refractivity contribution in [3.63, 3.8) is 0 Å². The van der Waals surface area contributed by atoms with E-state index >= 15 is 0 Å². The molecule has 0 aliphatic rings. The van der Waals surface area contributed by atoms with Gasteiger partial charge in [0.05, 0.1) is 12.1 Å². The minimum atomic E-state index is -0.226. The first kappa shape index (κ1) is 18.7. The van der Waals surface area contributed by atoms with Gasteiger partial charge in [-0.15, -0.1) is 12.4 Å². The van der Waals surface area contributed by atoms with Crippen molar-refractivity contribution < 1.29 is 14.0 Å². The Morgan fingerprint density at radius 1 is 1.09 bits per heavy atom. The quantitative estimate of drug-likeness (QED) is 0.749. The molecule has 4 N–H and O–H groups in total. The van der Waals surface area contributed by atoms with E-state index in [1.807, 2.05) is 19.1 Å². The summed E-state index contributed by atoms with van der Waals surface area (Å²) in [6.07, 6.45) is 1.38. The van der Waals surface area contributed by atoms with Gasteiger partial charge in [0.15, 0.2) is 0 Å². The summed E-state index contributed by atoms with van der Waals surface area (Å²) in [6, 6.07) is 8.71. The Morgan fingerprint density at radius 2 is 1.74 bits per heavy atom. The molecule has 7 heteroatoms. The zero-order chi connectivity index (χ0) is 15.9. The van der Waals surface area contributed by atoms with Crippen LogP contribution in [-0.2, 0) is 13.1 Å². The van der Waals surface area contributed by atoms with Crippen LogP contribution in [0.3, 0.4) is 0 Å². The van der Waals surface area contributed by atoms with Crippen molar-refractivity contribution in [1.29, 1.82) is 0 Å². The minimum Gasteiger partial charge on any atom is -0.467 e. The largest absolute Gasteiger partial charge is 0.467 e. The lowest BCUT2D eigenvalue weighted by Crippen LogP contribution is -2.23. The van der Waals surface area contributed by atoms with Gasteiger partial charge in [0.2, 0.25) is 0 Å². The number of rotatable bonds is 6. The van der Waals surface area contributed by atoms with Crippen LogP contribution in [0.25, 0.3) is 0 Å². The second-order valence-corrected chi connectivity index (χ2v) is 4.74. The molecule has 0 aliphatic heterocycles. The Labute approximate surface area is 140 Å². The minimum absolute atomic E-state index is 0. The van der Waals surface area contributed by atoms with Crippen molar-refractivity contribution >= 4 is 24.2 Å². The molecule has 1 aromatic carbocycles. The monoisotopic (exact) mass is 337 g/mol. The van der Waals surface area contributed by atoms with Gasteiger partial charge in [0, 0.05) is 18.7 Å². The van der Waals surface area contributed by atoms with Crippen molar-refractivity contribution in [3.8, 4) is 0 Å². The third-order valence-corrected chi connectivity index (χ3v) is 3.12. The molecule has 0 unspecified atom stereocenters. The molecule has 1 aromatic heterocycles. The van der Waals surface area contributed by atoms with Gasteiger partial charge in [0.1, 0.15) is 12.0 Å². The lowest BCUT2D eigenvalue weighted by molar-refractivity contribution is 0.0943. The number of carbonyl (C=O) groups is 2. The Bertz CT molecular complexity index is 653. The maximum atomic E-state index is 11.9. The Morgan fingerprint density at radius 3 is 2.30 bits per heavy atom. The first-order valence-electron chi connectivity index (χ1n) is 7.07. The molecule has 6 nitrogen and oxygen atoms in total. The number of benzene rings is 1. The number of nitrogens with two attached hydrogens (primary N) is 1. The summed E-state index contributed by atoms with van der Waals surface area (Å²) in [5, 5.41) is 5.52. The number of carbonyl (C=O) groups excluding carboxylic acids is 2. The molecule has 23 heavy (non-hydrogen) atoms. The molecule has 2 aromatic rings. The SMILES string of the molecule is CCNC(=O)c1ccc(CNC(=O)c2coc(CN)c2)cc1.Cl. The van der Waals surface area contributed by atoms with E-state index in [1.54, 1.807) is 18.2 Å². The van der Waals surface area contributed by atoms with Crippen LogP contribution < -0.4 is 16.4 Å². The molecule has 1 heterocycles. The molecule has 0 spiro atoms. The highest BCUT2D eigenvalue weighted by atomic mass is 35.5. The van der Waals surface area contributed by atoms with Gasteiger partial charge >= 0.3 is 0 Å². The lowest BCUT2D eigenvalue weighted by atomic mass is 10.1. The van der Waals surface area contributed by atoms with Crippen LogP contribution in [0.4, 0.5) is 0 Å². The van der Waals surface area contributed by atoms with Crippen LogP contribution >= 0.6 is 12.4 Å². The number of hydrogen-bond donors (Lipinski definition) is 3. The van der Waals surface area contributed by atoms with E-state index in [0.717, 1.165) is 5.56 Å². The van der Waals surface area contributed by atoms with Gasteiger partial charge in [0.25, 0.3) is 11.8 Å². The van der Waals surface area contributed by atoms with Crippen molar-refractivity contribution in [2.45, 2.75) is 20.0 Å². The van der Waals surface area contributed by atoms with Crippen molar-refractivity contribution in [3.05, 3.63) is 59.0 Å². The number of nitrogens with one attached hydrogen (secondary N) is 2. The van der Waals surface area contributed by atoms with Gasteiger partial charge < -0.3 is 20.8 Å². The predicted octanol–water partition coefficient (Wildman–Crippen LogP) is 1.84. The molecule has 2 rings (SSSR count). The maximum Gasteiger partial charge on any atom is 0.254 e. The summed E-state index contributed by atoms with van der Waals surface area (Å²) in [5.41, 5.74) is 7.38. The van der Waals surface area contributed by atoms with E-state index in [0.29, 0.717) is 30.0 Å². The molecule has 124 valence electrons. The number of halogens is 1. The number of amides is 2. The van der Waals surface area contributed by atoms with Gasteiger partial charge in [-0.25, -0.2) is 0 Å². The molecular formula is C16H20ClN3O3. The second-order valence-electron chi connectivity index (χ2n) is 4.74. The maximum absolute atomic E-state index is 11.9. The van der Waals surface area contributed by atoms with Gasteiger partial charge in [-0.05, 0) is 30.7 Å². The number of hydrogen-bond acceptors (Lipinski definition) is 4. The van der Waals surface area contributed by atoms with E-state index in [2.05, 4.69) is 10.6 Å². The zero-order valence-corrected chi connectivity index (χ0v) is 13.6. The fourth-order valence-corrected chi connectivity index (χ4v) is 1.93. The Kier molecular flexibility index (Phi) is 7.31. The first-order valence-corrected chi connectivity index (χ1v) is 7.07. The molecule has 0 atom stereocenters. The molecule has 0 bridgehead atoms. The standard InChI is InChI=1S/C16H19N3O3.ClH/c1-2-18-15(20)12-5-3-11(4-6-12)9-19-16(21)13-7-14(8-17)22-10-13;/h3-7,10H,2,8-9,17H2,1H3,(H,18,20)(H,19,21);1H. The van der Waals surface area contributed by atoms with Crippen LogP contribution in [0.1, 0.15) is 39.0 Å². The van der Waals surface area contributed by atoms with Gasteiger partial charge in [-0.2, -0.15) is 0 Å². The van der Waals surface area contributed by atoms with Gasteiger partial charge in [-0.3, -0.25) is 9.59 Å². The smallest absolute Gasteiger partial charge is 0.254 e. The fraction of sp³-hybridized carbons (Fsp3) is 0.250. The third kappa shape index (κ3) is 5.12. The van der Waals surface area contributed by atoms with E-state index in [4.69, 9.17) is 10.2 Å². The van der Waals surface area contributed by atoms with Crippen LogP contribution in [0, 0.1) is 0 Å². The van der Waals surface area contributed by atoms with E-state index in [1.165, 1.54) is 6.26 Å². The van der Waals surface area contributed by atoms with Crippen LogP contribution in [-0.4, -0.2) is 18.4 Å². The highest BCUT2D eigenvalue weighted by molar-refractivity contribution is 5.94. The average molecular weight is 338 g/mol.